The van der Waals surface area contributed by atoms with Gasteiger partial charge in [0, 0.05) is 12.5 Å². The van der Waals surface area contributed by atoms with Gasteiger partial charge in [-0.1, -0.05) is 18.6 Å². The number of rotatable bonds is 3. The summed E-state index contributed by atoms with van der Waals surface area (Å²) in [6.45, 7) is 1.12. The predicted molar refractivity (Wildman–Crippen MR) is 45.5 cm³/mol. The van der Waals surface area contributed by atoms with Crippen molar-refractivity contribution in [3.8, 4) is 0 Å². The number of hydrogen-bond acceptors (Lipinski definition) is 2. The molecule has 1 atom stereocenters. The zero-order valence-corrected chi connectivity index (χ0v) is 6.75. The maximum Gasteiger partial charge on any atom is 0.123 e. The van der Waals surface area contributed by atoms with Crippen LogP contribution in [0.3, 0.4) is 0 Å². The van der Waals surface area contributed by atoms with E-state index in [2.05, 4.69) is 11.4 Å². The molecule has 0 spiro atoms. The van der Waals surface area contributed by atoms with E-state index in [0.717, 1.165) is 12.8 Å². The molecule has 1 aliphatic rings. The first kappa shape index (κ1) is 8.47. The van der Waals surface area contributed by atoms with E-state index in [-0.39, 0.29) is 0 Å². The van der Waals surface area contributed by atoms with Crippen molar-refractivity contribution in [1.29, 1.82) is 0 Å². The summed E-state index contributed by atoms with van der Waals surface area (Å²) in [5.41, 5.74) is 0. The molecule has 0 saturated carbocycles. The van der Waals surface area contributed by atoms with E-state index >= 15 is 0 Å². The highest BCUT2D eigenvalue weighted by atomic mass is 16.1. The lowest BCUT2D eigenvalue weighted by atomic mass is 10.0. The van der Waals surface area contributed by atoms with Crippen LogP contribution in [0.4, 0.5) is 0 Å². The van der Waals surface area contributed by atoms with E-state index in [9.17, 15) is 4.79 Å². The standard InChI is InChI=1S/C9H15NO/c11-8-4-2-6-9-5-1-3-7-10-9/h2,6,8-10H,1,3-5,7H2/b6-2-. The highest BCUT2D eigenvalue weighted by Crippen LogP contribution is 2.07. The predicted octanol–water partition coefficient (Wildman–Crippen LogP) is 1.27. The smallest absolute Gasteiger partial charge is 0.123 e. The monoisotopic (exact) mass is 153 g/mol. The van der Waals surface area contributed by atoms with Crippen molar-refractivity contribution in [2.75, 3.05) is 6.54 Å². The summed E-state index contributed by atoms with van der Waals surface area (Å²) < 4.78 is 0. The van der Waals surface area contributed by atoms with Gasteiger partial charge in [0.1, 0.15) is 6.29 Å². The maximum atomic E-state index is 9.97. The number of aldehydes is 1. The molecule has 0 aromatic carbocycles. The molecule has 1 aliphatic heterocycles. The van der Waals surface area contributed by atoms with E-state index in [0.29, 0.717) is 12.5 Å². The summed E-state index contributed by atoms with van der Waals surface area (Å²) in [7, 11) is 0. The first-order chi connectivity index (χ1) is 5.43. The second-order valence-electron chi connectivity index (χ2n) is 2.89. The highest BCUT2D eigenvalue weighted by Gasteiger charge is 2.07. The van der Waals surface area contributed by atoms with Crippen molar-refractivity contribution in [3.63, 3.8) is 0 Å². The Bertz CT molecular complexity index is 136. The summed E-state index contributed by atoms with van der Waals surface area (Å²) in [5, 5.41) is 3.38. The number of carbonyl (C=O) groups is 1. The Morgan fingerprint density at radius 2 is 2.36 bits per heavy atom. The van der Waals surface area contributed by atoms with Gasteiger partial charge in [0.2, 0.25) is 0 Å². The third-order valence-electron chi connectivity index (χ3n) is 1.95. The fourth-order valence-electron chi connectivity index (χ4n) is 1.34. The molecule has 2 heteroatoms. The fourth-order valence-corrected chi connectivity index (χ4v) is 1.34. The Hall–Kier alpha value is -0.630. The number of hydrogen-bond donors (Lipinski definition) is 1. The van der Waals surface area contributed by atoms with Crippen LogP contribution in [-0.2, 0) is 4.79 Å². The minimum absolute atomic E-state index is 0.517. The van der Waals surface area contributed by atoms with Crippen LogP contribution in [0.15, 0.2) is 12.2 Å². The van der Waals surface area contributed by atoms with E-state index in [1.807, 2.05) is 6.08 Å². The normalized spacial score (nSPS) is 25.6. The van der Waals surface area contributed by atoms with Crippen molar-refractivity contribution < 1.29 is 4.79 Å². The van der Waals surface area contributed by atoms with Crippen LogP contribution in [-0.4, -0.2) is 18.9 Å². The molecule has 1 fully saturated rings. The Kier molecular flexibility index (Phi) is 3.91. The minimum Gasteiger partial charge on any atom is -0.311 e. The molecule has 1 unspecified atom stereocenters. The van der Waals surface area contributed by atoms with Gasteiger partial charge in [0.15, 0.2) is 0 Å². The first-order valence-corrected chi connectivity index (χ1v) is 4.27. The van der Waals surface area contributed by atoms with Crippen LogP contribution in [0.25, 0.3) is 0 Å². The van der Waals surface area contributed by atoms with Crippen molar-refractivity contribution in [1.82, 2.24) is 5.32 Å². The van der Waals surface area contributed by atoms with Crippen LogP contribution in [0.5, 0.6) is 0 Å². The summed E-state index contributed by atoms with van der Waals surface area (Å²) in [6.07, 6.45) is 9.34. The molecule has 1 heterocycles. The van der Waals surface area contributed by atoms with Crippen LogP contribution >= 0.6 is 0 Å². The quantitative estimate of drug-likeness (QED) is 0.488. The third kappa shape index (κ3) is 3.33. The third-order valence-corrected chi connectivity index (χ3v) is 1.95. The number of allylic oxidation sites excluding steroid dienone is 1. The van der Waals surface area contributed by atoms with Gasteiger partial charge in [0.05, 0.1) is 0 Å². The molecule has 1 rings (SSSR count). The topological polar surface area (TPSA) is 29.1 Å². The Morgan fingerprint density at radius 1 is 1.45 bits per heavy atom. The average Bonchev–Trinajstić information content (AvgIpc) is 2.07. The summed E-state index contributed by atoms with van der Waals surface area (Å²) in [4.78, 5) is 9.97. The molecular weight excluding hydrogens is 138 g/mol. The molecule has 2 nitrogen and oxygen atoms in total. The van der Waals surface area contributed by atoms with Gasteiger partial charge < -0.3 is 10.1 Å². The molecule has 0 aromatic rings. The number of piperidine rings is 1. The van der Waals surface area contributed by atoms with Gasteiger partial charge in [-0.15, -0.1) is 0 Å². The Morgan fingerprint density at radius 3 is 3.00 bits per heavy atom. The molecule has 62 valence electrons. The molecule has 0 bridgehead atoms. The van der Waals surface area contributed by atoms with E-state index < -0.39 is 0 Å². The van der Waals surface area contributed by atoms with E-state index in [4.69, 9.17) is 0 Å². The number of carbonyl (C=O) groups excluding carboxylic acids is 1. The van der Waals surface area contributed by atoms with Crippen molar-refractivity contribution in [3.05, 3.63) is 12.2 Å². The van der Waals surface area contributed by atoms with Gasteiger partial charge in [-0.25, -0.2) is 0 Å². The molecule has 1 saturated heterocycles. The summed E-state index contributed by atoms with van der Waals surface area (Å²) in [5.74, 6) is 0. The van der Waals surface area contributed by atoms with Crippen molar-refractivity contribution >= 4 is 6.29 Å². The zero-order valence-electron chi connectivity index (χ0n) is 6.75. The van der Waals surface area contributed by atoms with Gasteiger partial charge in [-0.05, 0) is 19.4 Å². The van der Waals surface area contributed by atoms with E-state index in [1.165, 1.54) is 19.3 Å². The van der Waals surface area contributed by atoms with Crippen LogP contribution in [0.1, 0.15) is 25.7 Å². The molecule has 1 N–H and O–H groups in total. The van der Waals surface area contributed by atoms with Gasteiger partial charge >= 0.3 is 0 Å². The molecule has 11 heavy (non-hydrogen) atoms. The highest BCUT2D eigenvalue weighted by molar-refractivity contribution is 5.51. The minimum atomic E-state index is 0.517. The van der Waals surface area contributed by atoms with E-state index in [1.54, 1.807) is 0 Å². The zero-order chi connectivity index (χ0) is 7.94. The Balaban J connectivity index is 2.18. The Labute approximate surface area is 67.7 Å². The molecule has 0 amide bonds. The second kappa shape index (κ2) is 5.08. The van der Waals surface area contributed by atoms with Crippen LogP contribution < -0.4 is 5.32 Å². The largest absolute Gasteiger partial charge is 0.311 e. The van der Waals surface area contributed by atoms with Crippen LogP contribution in [0.2, 0.25) is 0 Å². The lowest BCUT2D eigenvalue weighted by Gasteiger charge is -2.19. The summed E-state index contributed by atoms with van der Waals surface area (Å²) >= 11 is 0. The van der Waals surface area contributed by atoms with Gasteiger partial charge in [-0.3, -0.25) is 0 Å². The fraction of sp³-hybridized carbons (Fsp3) is 0.667. The van der Waals surface area contributed by atoms with Gasteiger partial charge in [0.25, 0.3) is 0 Å². The van der Waals surface area contributed by atoms with Gasteiger partial charge in [-0.2, -0.15) is 0 Å². The average molecular weight is 153 g/mol. The lowest BCUT2D eigenvalue weighted by molar-refractivity contribution is -0.107. The van der Waals surface area contributed by atoms with Crippen LogP contribution in [0, 0.1) is 0 Å². The molecule has 0 aliphatic carbocycles. The molecule has 0 aromatic heterocycles. The first-order valence-electron chi connectivity index (χ1n) is 4.27. The SMILES string of the molecule is O=CC/C=C\C1CCCCN1. The molecular formula is C9H15NO. The van der Waals surface area contributed by atoms with Crippen molar-refractivity contribution in [2.24, 2.45) is 0 Å². The lowest BCUT2D eigenvalue weighted by Crippen LogP contribution is -2.32. The molecule has 0 radical (unpaired) electrons. The maximum absolute atomic E-state index is 9.97. The summed E-state index contributed by atoms with van der Waals surface area (Å²) in [6, 6.07) is 0.517. The second-order valence-corrected chi connectivity index (χ2v) is 2.89. The van der Waals surface area contributed by atoms with Crippen molar-refractivity contribution in [2.45, 2.75) is 31.7 Å². The number of nitrogens with one attached hydrogen (secondary N) is 1.